The summed E-state index contributed by atoms with van der Waals surface area (Å²) in [6, 6.07) is 6.97. The Bertz CT molecular complexity index is 859. The molecule has 0 radical (unpaired) electrons. The van der Waals surface area contributed by atoms with E-state index in [1.807, 2.05) is 24.3 Å². The molecule has 9 heteroatoms. The molecule has 192 valence electrons. The summed E-state index contributed by atoms with van der Waals surface area (Å²) < 4.78 is 10.4. The minimum Gasteiger partial charge on any atom is -0.497 e. The van der Waals surface area contributed by atoms with Crippen LogP contribution in [0.4, 0.5) is 4.79 Å². The summed E-state index contributed by atoms with van der Waals surface area (Å²) in [6.45, 7) is 4.26. The van der Waals surface area contributed by atoms with Crippen LogP contribution < -0.4 is 15.4 Å². The number of carbonyl (C=O) groups is 2. The van der Waals surface area contributed by atoms with Crippen LogP contribution in [-0.4, -0.2) is 59.3 Å². The van der Waals surface area contributed by atoms with E-state index in [0.29, 0.717) is 29.1 Å². The summed E-state index contributed by atoms with van der Waals surface area (Å²) in [4.78, 5) is 27.7. The van der Waals surface area contributed by atoms with Gasteiger partial charge in [-0.1, -0.05) is 69.1 Å². The number of benzene rings is 1. The zero-order chi connectivity index (χ0) is 25.0. The van der Waals surface area contributed by atoms with Gasteiger partial charge in [-0.05, 0) is 36.5 Å². The van der Waals surface area contributed by atoms with Crippen molar-refractivity contribution in [2.45, 2.75) is 63.6 Å². The molecule has 0 aromatic heterocycles. The second-order valence-electron chi connectivity index (χ2n) is 9.06. The van der Waals surface area contributed by atoms with Crippen LogP contribution in [0.2, 0.25) is 0 Å². The van der Waals surface area contributed by atoms with Gasteiger partial charge in [-0.2, -0.15) is 0 Å². The Hall–Kier alpha value is -2.26. The highest BCUT2D eigenvalue weighted by atomic mass is 32.2. The molecular weight excluding hydrogens is 482 g/mol. The highest BCUT2D eigenvalue weighted by Crippen LogP contribution is 2.28. The Morgan fingerprint density at radius 1 is 1.26 bits per heavy atom. The molecule has 0 unspecified atom stereocenters. The van der Waals surface area contributed by atoms with Crippen LogP contribution in [0, 0.1) is 5.92 Å². The Morgan fingerprint density at radius 3 is 2.69 bits per heavy atom. The fourth-order valence-electron chi connectivity index (χ4n) is 4.52. The predicted molar refractivity (Wildman–Crippen MR) is 145 cm³/mol. The summed E-state index contributed by atoms with van der Waals surface area (Å²) in [5.74, 6) is 2.27. The fourth-order valence-corrected chi connectivity index (χ4v) is 5.91. The summed E-state index contributed by atoms with van der Waals surface area (Å²) in [6.07, 6.45) is 9.20. The number of hydrogen-bond acceptors (Lipinski definition) is 6. The lowest BCUT2D eigenvalue weighted by atomic mass is 9.85. The van der Waals surface area contributed by atoms with Crippen molar-refractivity contribution < 1.29 is 19.1 Å². The first kappa shape index (κ1) is 27.3. The molecule has 2 fully saturated rings. The zero-order valence-corrected chi connectivity index (χ0v) is 22.1. The second kappa shape index (κ2) is 14.3. The average Bonchev–Trinajstić information content (AvgIpc) is 3.39. The van der Waals surface area contributed by atoms with E-state index in [-0.39, 0.29) is 18.6 Å². The van der Waals surface area contributed by atoms with Crippen molar-refractivity contribution in [2.24, 2.45) is 5.92 Å². The molecule has 1 saturated heterocycles. The third-order valence-electron chi connectivity index (χ3n) is 6.59. The lowest BCUT2D eigenvalue weighted by molar-refractivity contribution is -0.125. The third-order valence-corrected chi connectivity index (χ3v) is 8.03. The van der Waals surface area contributed by atoms with Crippen LogP contribution in [0.15, 0.2) is 36.9 Å². The van der Waals surface area contributed by atoms with Crippen molar-refractivity contribution >= 4 is 41.0 Å². The maximum Gasteiger partial charge on any atom is 0.411 e. The Labute approximate surface area is 218 Å². The van der Waals surface area contributed by atoms with Crippen LogP contribution in [0.25, 0.3) is 0 Å². The number of carbonyl (C=O) groups excluding carboxylic acids is 2. The minimum absolute atomic E-state index is 0.123. The fraction of sp³-hybridized carbons (Fsp3) is 0.577. The average molecular weight is 520 g/mol. The number of amides is 2. The molecule has 0 spiro atoms. The predicted octanol–water partition coefficient (Wildman–Crippen LogP) is 4.66. The molecule has 35 heavy (non-hydrogen) atoms. The van der Waals surface area contributed by atoms with Gasteiger partial charge in [-0.25, -0.2) is 4.79 Å². The molecule has 0 bridgehead atoms. The number of nitrogens with one attached hydrogen (secondary N) is 2. The number of thioether (sulfide) groups is 1. The van der Waals surface area contributed by atoms with Crippen molar-refractivity contribution in [1.82, 2.24) is 15.5 Å². The van der Waals surface area contributed by atoms with E-state index >= 15 is 0 Å². The smallest absolute Gasteiger partial charge is 0.411 e. The van der Waals surface area contributed by atoms with Gasteiger partial charge in [-0.3, -0.25) is 9.69 Å². The van der Waals surface area contributed by atoms with E-state index in [9.17, 15) is 9.59 Å². The topological polar surface area (TPSA) is 79.9 Å². The zero-order valence-electron chi connectivity index (χ0n) is 20.5. The molecule has 1 aliphatic heterocycles. The van der Waals surface area contributed by atoms with Gasteiger partial charge < -0.3 is 20.1 Å². The number of hydrogen-bond donors (Lipinski definition) is 2. The molecule has 1 aromatic carbocycles. The van der Waals surface area contributed by atoms with E-state index < -0.39 is 12.1 Å². The van der Waals surface area contributed by atoms with Crippen LogP contribution in [0.3, 0.4) is 0 Å². The van der Waals surface area contributed by atoms with E-state index in [1.165, 1.54) is 43.1 Å². The lowest BCUT2D eigenvalue weighted by Gasteiger charge is -2.28. The van der Waals surface area contributed by atoms with Gasteiger partial charge in [0.05, 0.1) is 24.0 Å². The van der Waals surface area contributed by atoms with Crippen molar-refractivity contribution in [3.8, 4) is 5.75 Å². The molecule has 1 aromatic rings. The number of ether oxygens (including phenoxy) is 2. The SMILES string of the molecule is C=CCOC(=O)N1CSC[C@H]1C(=O)N[C@H](CCC1CCCCC1)C(=S)NCc1ccc(OC)cc1. The second-order valence-corrected chi connectivity index (χ2v) is 10.5. The van der Waals surface area contributed by atoms with E-state index in [4.69, 9.17) is 21.7 Å². The van der Waals surface area contributed by atoms with Gasteiger partial charge in [0.1, 0.15) is 18.4 Å². The summed E-state index contributed by atoms with van der Waals surface area (Å²) >= 11 is 7.29. The molecule has 2 N–H and O–H groups in total. The first-order valence-corrected chi connectivity index (χ1v) is 13.9. The van der Waals surface area contributed by atoms with Gasteiger partial charge in [0.15, 0.2) is 0 Å². The normalized spacial score (nSPS) is 19.0. The summed E-state index contributed by atoms with van der Waals surface area (Å²) in [5.41, 5.74) is 1.08. The van der Waals surface area contributed by atoms with Gasteiger partial charge in [0.25, 0.3) is 0 Å². The van der Waals surface area contributed by atoms with Crippen LogP contribution in [-0.2, 0) is 16.1 Å². The monoisotopic (exact) mass is 519 g/mol. The molecule has 1 heterocycles. The Morgan fingerprint density at radius 2 is 2.00 bits per heavy atom. The first-order chi connectivity index (χ1) is 17.0. The van der Waals surface area contributed by atoms with Crippen LogP contribution in [0.5, 0.6) is 5.75 Å². The molecule has 1 saturated carbocycles. The maximum atomic E-state index is 13.2. The number of thiocarbonyl (C=S) groups is 1. The molecule has 2 aliphatic rings. The van der Waals surface area contributed by atoms with Gasteiger partial charge >= 0.3 is 6.09 Å². The quantitative estimate of drug-likeness (QED) is 0.325. The van der Waals surface area contributed by atoms with Gasteiger partial charge in [0, 0.05) is 12.3 Å². The standard InChI is InChI=1S/C26H37N3O4S2/c1-3-15-33-26(31)29-18-35-17-23(29)24(30)28-22(14-11-19-7-5-4-6-8-19)25(34)27-16-20-9-12-21(32-2)13-10-20/h3,9-10,12-13,19,22-23H,1,4-8,11,14-18H2,2H3,(H,27,34)(H,28,30)/t22-,23+/m1/s1. The highest BCUT2D eigenvalue weighted by Gasteiger charge is 2.37. The first-order valence-electron chi connectivity index (χ1n) is 12.3. The van der Waals surface area contributed by atoms with Gasteiger partial charge in [-0.15, -0.1) is 11.8 Å². The molecule has 7 nitrogen and oxygen atoms in total. The van der Waals surface area contributed by atoms with Crippen molar-refractivity contribution in [2.75, 3.05) is 25.3 Å². The molecule has 2 atom stereocenters. The third kappa shape index (κ3) is 8.42. The largest absolute Gasteiger partial charge is 0.497 e. The van der Waals surface area contributed by atoms with Crippen LogP contribution in [0.1, 0.15) is 50.5 Å². The minimum atomic E-state index is -0.570. The van der Waals surface area contributed by atoms with E-state index in [0.717, 1.165) is 24.2 Å². The molecule has 1 aliphatic carbocycles. The molecular formula is C26H37N3O4S2. The number of methoxy groups -OCH3 is 1. The van der Waals surface area contributed by atoms with E-state index in [1.54, 1.807) is 18.9 Å². The summed E-state index contributed by atoms with van der Waals surface area (Å²) in [7, 11) is 1.64. The highest BCUT2D eigenvalue weighted by molar-refractivity contribution is 7.99. The Balaban J connectivity index is 1.61. The molecule has 3 rings (SSSR count). The lowest BCUT2D eigenvalue weighted by Crippen LogP contribution is -2.53. The van der Waals surface area contributed by atoms with Crippen molar-refractivity contribution in [1.29, 1.82) is 0 Å². The maximum absolute atomic E-state index is 13.2. The van der Waals surface area contributed by atoms with E-state index in [2.05, 4.69) is 17.2 Å². The summed E-state index contributed by atoms with van der Waals surface area (Å²) in [5, 5.41) is 6.48. The number of nitrogens with zero attached hydrogens (tertiary/aromatic N) is 1. The molecule has 2 amide bonds. The van der Waals surface area contributed by atoms with Gasteiger partial charge in [0.2, 0.25) is 5.91 Å². The van der Waals surface area contributed by atoms with Crippen molar-refractivity contribution in [3.05, 3.63) is 42.5 Å². The van der Waals surface area contributed by atoms with Crippen LogP contribution >= 0.6 is 24.0 Å². The van der Waals surface area contributed by atoms with Crippen molar-refractivity contribution in [3.63, 3.8) is 0 Å². The number of rotatable bonds is 11. The Kier molecular flexibility index (Phi) is 11.2.